The number of aryl methyl sites for hydroxylation is 1. The van der Waals surface area contributed by atoms with E-state index in [1.165, 1.54) is 16.4 Å². The molecule has 1 N–H and O–H groups in total. The molecule has 4 rings (SSSR count). The van der Waals surface area contributed by atoms with Crippen LogP contribution in [0.1, 0.15) is 28.8 Å². The minimum Gasteiger partial charge on any atom is -0.507 e. The zero-order chi connectivity index (χ0) is 15.5. The summed E-state index contributed by atoms with van der Waals surface area (Å²) in [5, 5.41) is 10.1. The van der Waals surface area contributed by atoms with Crippen molar-refractivity contribution in [1.82, 2.24) is 4.31 Å². The van der Waals surface area contributed by atoms with Crippen LogP contribution in [0.25, 0.3) is 0 Å². The highest BCUT2D eigenvalue weighted by molar-refractivity contribution is 7.89. The molecule has 4 nitrogen and oxygen atoms in total. The van der Waals surface area contributed by atoms with Crippen LogP contribution in [0.15, 0.2) is 59.5 Å². The van der Waals surface area contributed by atoms with Gasteiger partial charge in [0, 0.05) is 0 Å². The Kier molecular flexibility index (Phi) is 2.74. The van der Waals surface area contributed by atoms with E-state index in [-0.39, 0.29) is 22.7 Å². The molecular formula is C17H15NO3S. The first-order valence-electron chi connectivity index (χ1n) is 7.10. The van der Waals surface area contributed by atoms with Crippen molar-refractivity contribution in [2.45, 2.75) is 23.9 Å². The van der Waals surface area contributed by atoms with Crippen LogP contribution in [-0.2, 0) is 10.0 Å². The molecule has 2 aliphatic heterocycles. The van der Waals surface area contributed by atoms with E-state index in [1.54, 1.807) is 6.07 Å². The van der Waals surface area contributed by atoms with E-state index >= 15 is 0 Å². The molecule has 2 heterocycles. The molecular weight excluding hydrogens is 298 g/mol. The third-order valence-corrected chi connectivity index (χ3v) is 6.24. The molecule has 5 heteroatoms. The lowest BCUT2D eigenvalue weighted by Gasteiger charge is -2.22. The Labute approximate surface area is 129 Å². The number of fused-ring (bicyclic) bond motifs is 5. The predicted octanol–water partition coefficient (Wildman–Crippen LogP) is 3.06. The third-order valence-electron chi connectivity index (χ3n) is 4.33. The largest absolute Gasteiger partial charge is 0.507 e. The Balaban J connectivity index is 1.84. The summed E-state index contributed by atoms with van der Waals surface area (Å²) in [6.07, 6.45) is 3.82. The second-order valence-electron chi connectivity index (χ2n) is 5.71. The summed E-state index contributed by atoms with van der Waals surface area (Å²) in [7, 11) is -3.77. The van der Waals surface area contributed by atoms with Crippen molar-refractivity contribution in [2.75, 3.05) is 0 Å². The molecule has 0 aliphatic carbocycles. The SMILES string of the molecule is Cc1ccc(S(=O)(=O)N2C3C=CC2c2ccccc23)c(O)c1. The van der Waals surface area contributed by atoms with Gasteiger partial charge in [0.05, 0.1) is 12.1 Å². The van der Waals surface area contributed by atoms with Gasteiger partial charge < -0.3 is 5.11 Å². The molecule has 2 aromatic carbocycles. The number of hydrogen-bond acceptors (Lipinski definition) is 3. The van der Waals surface area contributed by atoms with Gasteiger partial charge in [-0.15, -0.1) is 0 Å². The number of benzene rings is 2. The lowest BCUT2D eigenvalue weighted by atomic mass is 9.97. The van der Waals surface area contributed by atoms with Crippen molar-refractivity contribution < 1.29 is 13.5 Å². The second kappa shape index (κ2) is 4.44. The average molecular weight is 313 g/mol. The smallest absolute Gasteiger partial charge is 0.248 e. The van der Waals surface area contributed by atoms with Crippen LogP contribution < -0.4 is 0 Å². The van der Waals surface area contributed by atoms with Crippen molar-refractivity contribution >= 4 is 10.0 Å². The van der Waals surface area contributed by atoms with E-state index in [4.69, 9.17) is 0 Å². The first-order chi connectivity index (χ1) is 10.5. The average Bonchev–Trinajstić information content (AvgIpc) is 3.04. The standard InChI is InChI=1S/C17H15NO3S/c1-11-6-9-17(16(19)10-11)22(20,21)18-14-7-8-15(18)13-5-3-2-4-12(13)14/h2-10,14-15,19H,1H3. The van der Waals surface area contributed by atoms with E-state index < -0.39 is 10.0 Å². The van der Waals surface area contributed by atoms with Crippen molar-refractivity contribution in [3.05, 3.63) is 71.3 Å². The molecule has 0 saturated carbocycles. The molecule has 0 aromatic heterocycles. The molecule has 0 spiro atoms. The van der Waals surface area contributed by atoms with Gasteiger partial charge >= 0.3 is 0 Å². The van der Waals surface area contributed by atoms with Gasteiger partial charge in [-0.3, -0.25) is 0 Å². The number of phenols is 1. The summed E-state index contributed by atoms with van der Waals surface area (Å²) in [5.41, 5.74) is 2.86. The van der Waals surface area contributed by atoms with Gasteiger partial charge in [0.1, 0.15) is 10.6 Å². The van der Waals surface area contributed by atoms with Crippen LogP contribution in [0, 0.1) is 6.92 Å². The number of phenolic OH excluding ortho intramolecular Hbond substituents is 1. The maximum Gasteiger partial charge on any atom is 0.248 e. The van der Waals surface area contributed by atoms with Gasteiger partial charge in [0.25, 0.3) is 0 Å². The fourth-order valence-corrected chi connectivity index (χ4v) is 5.10. The summed E-state index contributed by atoms with van der Waals surface area (Å²) in [6, 6.07) is 11.8. The minimum absolute atomic E-state index is 0.0374. The second-order valence-corrected chi connectivity index (χ2v) is 7.52. The van der Waals surface area contributed by atoms with E-state index in [0.717, 1.165) is 16.7 Å². The summed E-state index contributed by atoms with van der Waals surface area (Å²) in [4.78, 5) is -0.0374. The molecule has 2 aliphatic rings. The van der Waals surface area contributed by atoms with E-state index in [2.05, 4.69) is 0 Å². The van der Waals surface area contributed by atoms with E-state index in [1.807, 2.05) is 43.3 Å². The molecule has 2 unspecified atom stereocenters. The summed E-state index contributed by atoms with van der Waals surface area (Å²) in [6.45, 7) is 1.81. The molecule has 0 radical (unpaired) electrons. The lowest BCUT2D eigenvalue weighted by Crippen LogP contribution is -2.28. The van der Waals surface area contributed by atoms with Crippen molar-refractivity contribution in [1.29, 1.82) is 0 Å². The normalized spacial score (nSPS) is 23.0. The predicted molar refractivity (Wildman–Crippen MR) is 82.9 cm³/mol. The maximum absolute atomic E-state index is 13.0. The first-order valence-corrected chi connectivity index (χ1v) is 8.54. The Morgan fingerprint density at radius 3 is 2.14 bits per heavy atom. The highest BCUT2D eigenvalue weighted by atomic mass is 32.2. The maximum atomic E-state index is 13.0. The van der Waals surface area contributed by atoms with Gasteiger partial charge in [-0.05, 0) is 35.7 Å². The van der Waals surface area contributed by atoms with Crippen molar-refractivity contribution in [2.24, 2.45) is 0 Å². The van der Waals surface area contributed by atoms with E-state index in [9.17, 15) is 13.5 Å². The third kappa shape index (κ3) is 1.69. The van der Waals surface area contributed by atoms with Crippen molar-refractivity contribution in [3.63, 3.8) is 0 Å². The zero-order valence-corrected chi connectivity index (χ0v) is 12.8. The summed E-state index contributed by atoms with van der Waals surface area (Å²) in [5.74, 6) is -0.199. The molecule has 2 aromatic rings. The van der Waals surface area contributed by atoms with Gasteiger partial charge in [-0.25, -0.2) is 8.42 Å². The van der Waals surface area contributed by atoms with Crippen molar-refractivity contribution in [3.8, 4) is 5.75 Å². The molecule has 22 heavy (non-hydrogen) atoms. The quantitative estimate of drug-likeness (QED) is 0.867. The number of rotatable bonds is 2. The summed E-state index contributed by atoms with van der Waals surface area (Å²) < 4.78 is 27.5. The zero-order valence-electron chi connectivity index (χ0n) is 12.0. The van der Waals surface area contributed by atoms with Gasteiger partial charge in [-0.2, -0.15) is 4.31 Å². The Bertz CT molecular complexity index is 869. The molecule has 2 atom stereocenters. The van der Waals surface area contributed by atoms with Gasteiger partial charge in [0.2, 0.25) is 10.0 Å². The molecule has 0 saturated heterocycles. The number of nitrogens with zero attached hydrogens (tertiary/aromatic N) is 1. The highest BCUT2D eigenvalue weighted by Crippen LogP contribution is 2.51. The molecule has 0 fully saturated rings. The Hall–Kier alpha value is -2.11. The van der Waals surface area contributed by atoms with Gasteiger partial charge in [-0.1, -0.05) is 42.5 Å². The number of aromatic hydroxyl groups is 1. The molecule has 0 amide bonds. The van der Waals surface area contributed by atoms with Crippen LogP contribution in [0.2, 0.25) is 0 Å². The highest BCUT2D eigenvalue weighted by Gasteiger charge is 2.47. The van der Waals surface area contributed by atoms with E-state index in [0.29, 0.717) is 0 Å². The number of hydrogen-bond donors (Lipinski definition) is 1. The molecule has 2 bridgehead atoms. The minimum atomic E-state index is -3.77. The molecule has 112 valence electrons. The Morgan fingerprint density at radius 2 is 1.59 bits per heavy atom. The topological polar surface area (TPSA) is 57.6 Å². The van der Waals surface area contributed by atoms with Crippen LogP contribution in [0.4, 0.5) is 0 Å². The van der Waals surface area contributed by atoms with Crippen LogP contribution >= 0.6 is 0 Å². The fourth-order valence-electron chi connectivity index (χ4n) is 3.34. The van der Waals surface area contributed by atoms with Crippen LogP contribution in [-0.4, -0.2) is 17.8 Å². The first kappa shape index (κ1) is 13.5. The Morgan fingerprint density at radius 1 is 1.00 bits per heavy atom. The number of sulfonamides is 1. The van der Waals surface area contributed by atoms with Crippen LogP contribution in [0.3, 0.4) is 0 Å². The van der Waals surface area contributed by atoms with Gasteiger partial charge in [0.15, 0.2) is 0 Å². The monoisotopic (exact) mass is 313 g/mol. The van der Waals surface area contributed by atoms with Crippen LogP contribution in [0.5, 0.6) is 5.75 Å². The fraction of sp³-hybridized carbons (Fsp3) is 0.176. The lowest BCUT2D eigenvalue weighted by molar-refractivity contribution is 0.379. The summed E-state index contributed by atoms with van der Waals surface area (Å²) >= 11 is 0.